The Balaban J connectivity index is 1.33. The van der Waals surface area contributed by atoms with Crippen LogP contribution in [-0.4, -0.2) is 0 Å². The van der Waals surface area contributed by atoms with Crippen LogP contribution >= 0.6 is 0 Å². The van der Waals surface area contributed by atoms with Gasteiger partial charge in [0.25, 0.3) is 0 Å². The molecule has 1 aliphatic carbocycles. The standard InChI is InChI=1S/C36H56/c1-3-5-7-9-10-11-12-14-16-18-32-21-25-34(26-22-32)36-29-27-35(28-30-36)33-23-19-31(20-24-33)17-15-13-8-6-4-2/h21-22,25-31,33H,3-20,23-24H2,1-2H3. The molecule has 0 N–H and O–H groups in total. The third-order valence-corrected chi connectivity index (χ3v) is 8.80. The van der Waals surface area contributed by atoms with Crippen molar-refractivity contribution < 1.29 is 0 Å². The molecule has 0 heteroatoms. The van der Waals surface area contributed by atoms with Gasteiger partial charge < -0.3 is 0 Å². The Labute approximate surface area is 224 Å². The van der Waals surface area contributed by atoms with Crippen molar-refractivity contribution in [2.75, 3.05) is 0 Å². The van der Waals surface area contributed by atoms with Crippen molar-refractivity contribution in [1.82, 2.24) is 0 Å². The van der Waals surface area contributed by atoms with Crippen LogP contribution in [0.1, 0.15) is 153 Å². The van der Waals surface area contributed by atoms with Crippen LogP contribution in [0.2, 0.25) is 0 Å². The molecule has 0 atom stereocenters. The molecular weight excluding hydrogens is 432 g/mol. The van der Waals surface area contributed by atoms with Crippen LogP contribution in [0.4, 0.5) is 0 Å². The van der Waals surface area contributed by atoms with Gasteiger partial charge in [-0.15, -0.1) is 0 Å². The van der Waals surface area contributed by atoms with Gasteiger partial charge in [0, 0.05) is 0 Å². The number of benzene rings is 2. The van der Waals surface area contributed by atoms with E-state index in [0.717, 1.165) is 11.8 Å². The van der Waals surface area contributed by atoms with Crippen LogP contribution in [0.25, 0.3) is 11.1 Å². The van der Waals surface area contributed by atoms with Crippen LogP contribution in [-0.2, 0) is 6.42 Å². The Morgan fingerprint density at radius 2 is 0.972 bits per heavy atom. The van der Waals surface area contributed by atoms with Crippen LogP contribution in [0.5, 0.6) is 0 Å². The molecule has 200 valence electrons. The second-order valence-corrected chi connectivity index (χ2v) is 11.8. The summed E-state index contributed by atoms with van der Waals surface area (Å²) in [5.41, 5.74) is 5.81. The van der Waals surface area contributed by atoms with Crippen molar-refractivity contribution in [3.63, 3.8) is 0 Å². The molecule has 2 aromatic rings. The summed E-state index contributed by atoms with van der Waals surface area (Å²) in [6.45, 7) is 4.61. The lowest BCUT2D eigenvalue weighted by atomic mass is 9.77. The summed E-state index contributed by atoms with van der Waals surface area (Å²) in [5.74, 6) is 1.78. The number of hydrogen-bond donors (Lipinski definition) is 0. The van der Waals surface area contributed by atoms with Gasteiger partial charge in [0.1, 0.15) is 0 Å². The zero-order valence-corrected chi connectivity index (χ0v) is 23.9. The number of hydrogen-bond acceptors (Lipinski definition) is 0. The molecule has 36 heavy (non-hydrogen) atoms. The fourth-order valence-electron chi connectivity index (χ4n) is 6.27. The van der Waals surface area contributed by atoms with Crippen LogP contribution < -0.4 is 0 Å². The topological polar surface area (TPSA) is 0 Å². The van der Waals surface area contributed by atoms with E-state index in [1.54, 1.807) is 5.56 Å². The first-order chi connectivity index (χ1) is 17.8. The maximum atomic E-state index is 2.42. The van der Waals surface area contributed by atoms with Crippen molar-refractivity contribution in [2.45, 2.75) is 148 Å². The molecule has 1 fully saturated rings. The normalized spacial score (nSPS) is 17.9. The van der Waals surface area contributed by atoms with E-state index in [0.29, 0.717) is 0 Å². The zero-order valence-electron chi connectivity index (χ0n) is 23.9. The molecule has 2 aromatic carbocycles. The molecule has 3 rings (SSSR count). The number of unbranched alkanes of at least 4 members (excludes halogenated alkanes) is 12. The Morgan fingerprint density at radius 3 is 1.53 bits per heavy atom. The highest BCUT2D eigenvalue weighted by Crippen LogP contribution is 2.38. The van der Waals surface area contributed by atoms with E-state index in [2.05, 4.69) is 62.4 Å². The highest BCUT2D eigenvalue weighted by atomic mass is 14.3. The third-order valence-electron chi connectivity index (χ3n) is 8.80. The monoisotopic (exact) mass is 488 g/mol. The Kier molecular flexibility index (Phi) is 14.4. The minimum absolute atomic E-state index is 0.786. The molecule has 0 bridgehead atoms. The molecule has 0 saturated heterocycles. The summed E-state index contributed by atoms with van der Waals surface area (Å²) in [7, 11) is 0. The summed E-state index contributed by atoms with van der Waals surface area (Å²) in [6, 6.07) is 19.0. The smallest absolute Gasteiger partial charge is 0.0162 e. The van der Waals surface area contributed by atoms with Gasteiger partial charge >= 0.3 is 0 Å². The van der Waals surface area contributed by atoms with E-state index in [1.807, 2.05) is 0 Å². The second-order valence-electron chi connectivity index (χ2n) is 11.8. The lowest BCUT2D eigenvalue weighted by molar-refractivity contribution is 0.302. The van der Waals surface area contributed by atoms with Gasteiger partial charge in [-0.05, 0) is 72.6 Å². The van der Waals surface area contributed by atoms with Crippen LogP contribution in [0.3, 0.4) is 0 Å². The van der Waals surface area contributed by atoms with Crippen molar-refractivity contribution >= 4 is 0 Å². The molecule has 0 nitrogen and oxygen atoms in total. The zero-order chi connectivity index (χ0) is 25.3. The summed E-state index contributed by atoms with van der Waals surface area (Å²) in [4.78, 5) is 0. The first-order valence-corrected chi connectivity index (χ1v) is 16.0. The molecule has 0 unspecified atom stereocenters. The summed E-state index contributed by atoms with van der Waals surface area (Å²) in [6.07, 6.45) is 28.2. The Bertz CT molecular complexity index is 776. The molecule has 0 radical (unpaired) electrons. The van der Waals surface area contributed by atoms with E-state index in [9.17, 15) is 0 Å². The Morgan fingerprint density at radius 1 is 0.500 bits per heavy atom. The second kappa shape index (κ2) is 17.8. The van der Waals surface area contributed by atoms with Gasteiger partial charge in [-0.1, -0.05) is 152 Å². The lowest BCUT2D eigenvalue weighted by Crippen LogP contribution is -2.13. The number of rotatable bonds is 18. The average Bonchev–Trinajstić information content (AvgIpc) is 2.93. The lowest BCUT2D eigenvalue weighted by Gasteiger charge is -2.29. The molecule has 1 aliphatic rings. The van der Waals surface area contributed by atoms with E-state index in [1.165, 1.54) is 145 Å². The van der Waals surface area contributed by atoms with E-state index < -0.39 is 0 Å². The van der Waals surface area contributed by atoms with E-state index in [-0.39, 0.29) is 0 Å². The number of aryl methyl sites for hydroxylation is 1. The van der Waals surface area contributed by atoms with E-state index >= 15 is 0 Å². The van der Waals surface area contributed by atoms with Gasteiger partial charge in [0.15, 0.2) is 0 Å². The molecule has 0 spiro atoms. The summed E-state index contributed by atoms with van der Waals surface area (Å²) in [5, 5.41) is 0. The molecular formula is C36H56. The van der Waals surface area contributed by atoms with Crippen molar-refractivity contribution in [2.24, 2.45) is 5.92 Å². The molecule has 0 amide bonds. The van der Waals surface area contributed by atoms with Crippen molar-refractivity contribution in [3.8, 4) is 11.1 Å². The third kappa shape index (κ3) is 10.8. The summed E-state index contributed by atoms with van der Waals surface area (Å²) >= 11 is 0. The first kappa shape index (κ1) is 29.0. The highest BCUT2D eigenvalue weighted by Gasteiger charge is 2.22. The molecule has 0 aromatic heterocycles. The quantitative estimate of drug-likeness (QED) is 0.183. The molecule has 0 aliphatic heterocycles. The maximum absolute atomic E-state index is 2.42. The minimum Gasteiger partial charge on any atom is -0.0654 e. The predicted octanol–water partition coefficient (Wildman–Crippen LogP) is 12.1. The fraction of sp³-hybridized carbons (Fsp3) is 0.667. The van der Waals surface area contributed by atoms with Gasteiger partial charge in [-0.3, -0.25) is 0 Å². The van der Waals surface area contributed by atoms with Crippen molar-refractivity contribution in [1.29, 1.82) is 0 Å². The average molecular weight is 489 g/mol. The van der Waals surface area contributed by atoms with Gasteiger partial charge in [-0.2, -0.15) is 0 Å². The first-order valence-electron chi connectivity index (χ1n) is 16.0. The van der Waals surface area contributed by atoms with Crippen LogP contribution in [0, 0.1) is 5.92 Å². The van der Waals surface area contributed by atoms with Gasteiger partial charge in [0.05, 0.1) is 0 Å². The largest absolute Gasteiger partial charge is 0.0654 e. The highest BCUT2D eigenvalue weighted by molar-refractivity contribution is 5.64. The van der Waals surface area contributed by atoms with Crippen molar-refractivity contribution in [3.05, 3.63) is 59.7 Å². The van der Waals surface area contributed by atoms with Gasteiger partial charge in [0.2, 0.25) is 0 Å². The predicted molar refractivity (Wildman–Crippen MR) is 161 cm³/mol. The maximum Gasteiger partial charge on any atom is -0.0162 e. The molecule has 0 heterocycles. The summed E-state index contributed by atoms with van der Waals surface area (Å²) < 4.78 is 0. The van der Waals surface area contributed by atoms with Crippen LogP contribution in [0.15, 0.2) is 48.5 Å². The SMILES string of the molecule is CCCCCCCCCCCc1ccc(-c2ccc(C3CCC(CCCCCCC)CC3)cc2)cc1. The minimum atomic E-state index is 0.786. The van der Waals surface area contributed by atoms with E-state index in [4.69, 9.17) is 0 Å². The van der Waals surface area contributed by atoms with Gasteiger partial charge in [-0.25, -0.2) is 0 Å². The molecule has 1 saturated carbocycles. The fourth-order valence-corrected chi connectivity index (χ4v) is 6.27. The Hall–Kier alpha value is -1.56.